The fraction of sp³-hybridized carbons (Fsp3) is 0.733. The molecule has 0 aliphatic heterocycles. The van der Waals surface area contributed by atoms with Crippen LogP contribution in [0.4, 0.5) is 5.82 Å². The van der Waals surface area contributed by atoms with Crippen molar-refractivity contribution in [3.63, 3.8) is 0 Å². The molecule has 19 heavy (non-hydrogen) atoms. The van der Waals surface area contributed by atoms with Gasteiger partial charge in [-0.3, -0.25) is 0 Å². The van der Waals surface area contributed by atoms with Crippen molar-refractivity contribution in [3.05, 3.63) is 17.6 Å². The Hall–Kier alpha value is -1.16. The second-order valence-corrected chi connectivity index (χ2v) is 5.97. The van der Waals surface area contributed by atoms with Gasteiger partial charge in [0, 0.05) is 36.8 Å². The van der Waals surface area contributed by atoms with Gasteiger partial charge in [0.05, 0.1) is 0 Å². The summed E-state index contributed by atoms with van der Waals surface area (Å²) >= 11 is 0. The van der Waals surface area contributed by atoms with Gasteiger partial charge >= 0.3 is 0 Å². The van der Waals surface area contributed by atoms with Gasteiger partial charge in [0.15, 0.2) is 0 Å². The van der Waals surface area contributed by atoms with E-state index in [1.54, 1.807) is 0 Å². The molecule has 0 aliphatic carbocycles. The molecule has 0 atom stereocenters. The zero-order valence-electron chi connectivity index (χ0n) is 13.4. The van der Waals surface area contributed by atoms with Crippen molar-refractivity contribution in [2.75, 3.05) is 32.1 Å². The highest BCUT2D eigenvalue weighted by Gasteiger charge is 2.15. The SMILES string of the molecule is Cc1cc(N(CCN(C)C)C(C)C)nc(C(C)C)n1. The van der Waals surface area contributed by atoms with Crippen LogP contribution in [-0.4, -0.2) is 48.1 Å². The Bertz CT molecular complexity index is 399. The van der Waals surface area contributed by atoms with Crippen molar-refractivity contribution >= 4 is 5.82 Å². The van der Waals surface area contributed by atoms with Gasteiger partial charge in [0.25, 0.3) is 0 Å². The zero-order valence-corrected chi connectivity index (χ0v) is 13.4. The van der Waals surface area contributed by atoms with E-state index in [9.17, 15) is 0 Å². The van der Waals surface area contributed by atoms with Gasteiger partial charge < -0.3 is 9.80 Å². The molecule has 108 valence electrons. The van der Waals surface area contributed by atoms with E-state index in [1.165, 1.54) is 0 Å². The van der Waals surface area contributed by atoms with Crippen LogP contribution >= 0.6 is 0 Å². The maximum atomic E-state index is 4.73. The number of hydrogen-bond donors (Lipinski definition) is 0. The van der Waals surface area contributed by atoms with Gasteiger partial charge in [-0.2, -0.15) is 0 Å². The van der Waals surface area contributed by atoms with Crippen LogP contribution in [0.5, 0.6) is 0 Å². The predicted octanol–water partition coefficient (Wildman–Crippen LogP) is 2.68. The third kappa shape index (κ3) is 4.78. The third-order valence-electron chi connectivity index (χ3n) is 3.08. The molecule has 0 spiro atoms. The Morgan fingerprint density at radius 1 is 1.05 bits per heavy atom. The normalized spacial score (nSPS) is 11.7. The van der Waals surface area contributed by atoms with Crippen LogP contribution in [0.2, 0.25) is 0 Å². The lowest BCUT2D eigenvalue weighted by atomic mass is 10.2. The van der Waals surface area contributed by atoms with Gasteiger partial charge in [-0.25, -0.2) is 9.97 Å². The van der Waals surface area contributed by atoms with Crippen LogP contribution < -0.4 is 4.90 Å². The van der Waals surface area contributed by atoms with Crippen LogP contribution in [0.1, 0.15) is 45.1 Å². The fourth-order valence-electron chi connectivity index (χ4n) is 1.92. The van der Waals surface area contributed by atoms with Crippen LogP contribution in [0.15, 0.2) is 6.07 Å². The topological polar surface area (TPSA) is 32.3 Å². The number of likely N-dealkylation sites (N-methyl/N-ethyl adjacent to an activating group) is 1. The van der Waals surface area contributed by atoms with Gasteiger partial charge in [-0.1, -0.05) is 13.8 Å². The summed E-state index contributed by atoms with van der Waals surface area (Å²) in [5.74, 6) is 2.35. The minimum atomic E-state index is 0.363. The van der Waals surface area contributed by atoms with Crippen molar-refractivity contribution < 1.29 is 0 Å². The molecule has 0 aliphatic rings. The first-order valence-corrected chi connectivity index (χ1v) is 7.08. The minimum absolute atomic E-state index is 0.363. The molecule has 1 heterocycles. The molecule has 0 fully saturated rings. The lowest BCUT2D eigenvalue weighted by Crippen LogP contribution is -2.37. The number of aromatic nitrogens is 2. The van der Waals surface area contributed by atoms with Crippen LogP contribution in [0.3, 0.4) is 0 Å². The van der Waals surface area contributed by atoms with Crippen molar-refractivity contribution in [1.82, 2.24) is 14.9 Å². The maximum Gasteiger partial charge on any atom is 0.133 e. The van der Waals surface area contributed by atoms with Crippen molar-refractivity contribution in [1.29, 1.82) is 0 Å². The number of hydrogen-bond acceptors (Lipinski definition) is 4. The van der Waals surface area contributed by atoms with E-state index in [-0.39, 0.29) is 0 Å². The van der Waals surface area contributed by atoms with Crippen molar-refractivity contribution in [2.24, 2.45) is 0 Å². The van der Waals surface area contributed by atoms with Gasteiger partial charge in [0.2, 0.25) is 0 Å². The highest BCUT2D eigenvalue weighted by molar-refractivity contribution is 5.41. The van der Waals surface area contributed by atoms with Crippen molar-refractivity contribution in [2.45, 2.75) is 46.6 Å². The number of rotatable bonds is 6. The molecule has 0 unspecified atom stereocenters. The Morgan fingerprint density at radius 2 is 1.68 bits per heavy atom. The summed E-state index contributed by atoms with van der Waals surface area (Å²) in [7, 11) is 4.20. The molecule has 0 amide bonds. The average molecular weight is 264 g/mol. The molecule has 1 aromatic heterocycles. The molecule has 0 N–H and O–H groups in total. The molecule has 4 nitrogen and oxygen atoms in total. The van der Waals surface area contributed by atoms with Crippen LogP contribution in [0, 0.1) is 6.92 Å². The van der Waals surface area contributed by atoms with E-state index in [1.807, 2.05) is 6.92 Å². The van der Waals surface area contributed by atoms with E-state index in [0.717, 1.165) is 30.4 Å². The first-order valence-electron chi connectivity index (χ1n) is 7.08. The van der Waals surface area contributed by atoms with Gasteiger partial charge in [-0.15, -0.1) is 0 Å². The summed E-state index contributed by atoms with van der Waals surface area (Å²) in [4.78, 5) is 13.8. The second-order valence-electron chi connectivity index (χ2n) is 5.97. The molecule has 4 heteroatoms. The second kappa shape index (κ2) is 6.85. The van der Waals surface area contributed by atoms with Crippen LogP contribution in [-0.2, 0) is 0 Å². The van der Waals surface area contributed by atoms with Gasteiger partial charge in [0.1, 0.15) is 11.6 Å². The summed E-state index contributed by atoms with van der Waals surface area (Å²) in [6.07, 6.45) is 0. The number of anilines is 1. The molecule has 1 aromatic rings. The summed E-state index contributed by atoms with van der Waals surface area (Å²) < 4.78 is 0. The largest absolute Gasteiger partial charge is 0.353 e. The van der Waals surface area contributed by atoms with E-state index in [0.29, 0.717) is 12.0 Å². The number of nitrogens with zero attached hydrogens (tertiary/aromatic N) is 4. The highest BCUT2D eigenvalue weighted by atomic mass is 15.2. The van der Waals surface area contributed by atoms with E-state index >= 15 is 0 Å². The lowest BCUT2D eigenvalue weighted by Gasteiger charge is -2.29. The average Bonchev–Trinajstić information content (AvgIpc) is 2.27. The summed E-state index contributed by atoms with van der Waals surface area (Å²) in [5.41, 5.74) is 1.05. The molecule has 0 radical (unpaired) electrons. The maximum absolute atomic E-state index is 4.73. The Morgan fingerprint density at radius 3 is 2.16 bits per heavy atom. The van der Waals surface area contributed by atoms with Crippen LogP contribution in [0.25, 0.3) is 0 Å². The highest BCUT2D eigenvalue weighted by Crippen LogP contribution is 2.18. The summed E-state index contributed by atoms with van der Waals surface area (Å²) in [6, 6.07) is 2.52. The summed E-state index contributed by atoms with van der Waals surface area (Å²) in [6.45, 7) is 12.7. The quantitative estimate of drug-likeness (QED) is 0.791. The molecule has 0 bridgehead atoms. The monoisotopic (exact) mass is 264 g/mol. The smallest absolute Gasteiger partial charge is 0.133 e. The summed E-state index contributed by atoms with van der Waals surface area (Å²) in [5, 5.41) is 0. The molecule has 0 aromatic carbocycles. The van der Waals surface area contributed by atoms with Crippen molar-refractivity contribution in [3.8, 4) is 0 Å². The van der Waals surface area contributed by atoms with E-state index < -0.39 is 0 Å². The van der Waals surface area contributed by atoms with E-state index in [4.69, 9.17) is 4.98 Å². The molecule has 0 saturated carbocycles. The Labute approximate surface area is 117 Å². The molecular weight excluding hydrogens is 236 g/mol. The van der Waals surface area contributed by atoms with Gasteiger partial charge in [-0.05, 0) is 34.9 Å². The molecule has 0 saturated heterocycles. The first-order chi connectivity index (χ1) is 8.81. The van der Waals surface area contributed by atoms with E-state index in [2.05, 4.69) is 62.6 Å². The third-order valence-corrected chi connectivity index (χ3v) is 3.08. The Kier molecular flexibility index (Phi) is 5.73. The standard InChI is InChI=1S/C15H28N4/c1-11(2)15-16-13(5)10-14(17-15)19(12(3)4)9-8-18(6)7/h10-12H,8-9H2,1-7H3. The lowest BCUT2D eigenvalue weighted by molar-refractivity contribution is 0.407. The zero-order chi connectivity index (χ0) is 14.6. The minimum Gasteiger partial charge on any atom is -0.353 e. The predicted molar refractivity (Wildman–Crippen MR) is 81.9 cm³/mol. The fourth-order valence-corrected chi connectivity index (χ4v) is 1.92. The molecular formula is C15H28N4. The number of aryl methyl sites for hydroxylation is 1. The molecule has 1 rings (SSSR count). The first kappa shape index (κ1) is 15.9. The Balaban J connectivity index is 3.01.